The molecule has 4 heteroatoms. The van der Waals surface area contributed by atoms with Gasteiger partial charge >= 0.3 is 6.09 Å². The van der Waals surface area contributed by atoms with Gasteiger partial charge in [-0.1, -0.05) is 28.1 Å². The molecule has 1 saturated heterocycles. The molecule has 1 aromatic carbocycles. The van der Waals surface area contributed by atoms with E-state index in [9.17, 15) is 4.79 Å². The van der Waals surface area contributed by atoms with Crippen molar-refractivity contribution in [1.82, 2.24) is 5.32 Å². The van der Waals surface area contributed by atoms with Gasteiger partial charge in [0.1, 0.15) is 6.10 Å². The predicted octanol–water partition coefficient (Wildman–Crippen LogP) is 2.62. The summed E-state index contributed by atoms with van der Waals surface area (Å²) in [5.41, 5.74) is 1.01. The molecular weight excluding hydrogens is 246 g/mol. The number of hydrogen-bond acceptors (Lipinski definition) is 2. The fourth-order valence-electron chi connectivity index (χ4n) is 1.52. The average Bonchev–Trinajstić information content (AvgIpc) is 2.47. The van der Waals surface area contributed by atoms with Crippen LogP contribution in [0.4, 0.5) is 4.79 Å². The summed E-state index contributed by atoms with van der Waals surface area (Å²) in [5.74, 6) is 0. The highest BCUT2D eigenvalue weighted by molar-refractivity contribution is 9.10. The number of amides is 1. The third kappa shape index (κ3) is 1.75. The summed E-state index contributed by atoms with van der Waals surface area (Å²) in [6.07, 6.45) is -0.513. The lowest BCUT2D eigenvalue weighted by molar-refractivity contribution is 0.134. The van der Waals surface area contributed by atoms with Crippen LogP contribution in [0.5, 0.6) is 0 Å². The third-order valence-electron chi connectivity index (χ3n) is 2.23. The van der Waals surface area contributed by atoms with Crippen LogP contribution in [0.15, 0.2) is 28.7 Å². The second-order valence-electron chi connectivity index (χ2n) is 3.31. The molecular formula is C10H10BrNO2. The number of carbonyl (C=O) groups excluding carboxylic acids is 1. The van der Waals surface area contributed by atoms with Gasteiger partial charge in [-0.2, -0.15) is 0 Å². The maximum Gasteiger partial charge on any atom is 0.408 e. The van der Waals surface area contributed by atoms with Gasteiger partial charge in [-0.05, 0) is 24.6 Å². The molecule has 0 aromatic heterocycles. The van der Waals surface area contributed by atoms with E-state index >= 15 is 0 Å². The van der Waals surface area contributed by atoms with Crippen LogP contribution in [0.3, 0.4) is 0 Å². The Balaban J connectivity index is 2.23. The van der Waals surface area contributed by atoms with Crippen LogP contribution in [0.25, 0.3) is 0 Å². The first-order chi connectivity index (χ1) is 6.66. The molecule has 1 heterocycles. The molecule has 0 unspecified atom stereocenters. The average molecular weight is 256 g/mol. The largest absolute Gasteiger partial charge is 0.439 e. The lowest BCUT2D eigenvalue weighted by Crippen LogP contribution is -2.23. The Morgan fingerprint density at radius 3 is 2.50 bits per heavy atom. The van der Waals surface area contributed by atoms with Crippen LogP contribution in [0, 0.1) is 0 Å². The van der Waals surface area contributed by atoms with Crippen molar-refractivity contribution >= 4 is 22.0 Å². The predicted molar refractivity (Wildman–Crippen MR) is 56.0 cm³/mol. The summed E-state index contributed by atoms with van der Waals surface area (Å²) in [6, 6.07) is 7.81. The van der Waals surface area contributed by atoms with E-state index in [1.54, 1.807) is 0 Å². The maximum atomic E-state index is 11.0. The van der Waals surface area contributed by atoms with Gasteiger partial charge in [0.25, 0.3) is 0 Å². The van der Waals surface area contributed by atoms with Gasteiger partial charge in [-0.15, -0.1) is 0 Å². The first-order valence-electron chi connectivity index (χ1n) is 4.39. The molecule has 0 saturated carbocycles. The van der Waals surface area contributed by atoms with Crippen molar-refractivity contribution in [2.24, 2.45) is 0 Å². The molecule has 0 radical (unpaired) electrons. The second-order valence-corrected chi connectivity index (χ2v) is 4.23. The van der Waals surface area contributed by atoms with Crippen molar-refractivity contribution in [3.05, 3.63) is 34.3 Å². The van der Waals surface area contributed by atoms with E-state index in [0.717, 1.165) is 10.0 Å². The molecule has 1 amide bonds. The number of ether oxygens (including phenoxy) is 1. The Kier molecular flexibility index (Phi) is 2.46. The fraction of sp³-hybridized carbons (Fsp3) is 0.300. The molecule has 2 atom stereocenters. The van der Waals surface area contributed by atoms with Crippen LogP contribution in [0.2, 0.25) is 0 Å². The van der Waals surface area contributed by atoms with E-state index in [4.69, 9.17) is 4.74 Å². The molecule has 1 fully saturated rings. The first kappa shape index (κ1) is 9.52. The number of carbonyl (C=O) groups is 1. The summed E-state index contributed by atoms with van der Waals surface area (Å²) in [5, 5.41) is 2.71. The van der Waals surface area contributed by atoms with Crippen LogP contribution < -0.4 is 5.32 Å². The monoisotopic (exact) mass is 255 g/mol. The minimum absolute atomic E-state index is 0.0312. The zero-order chi connectivity index (χ0) is 10.1. The Morgan fingerprint density at radius 1 is 1.36 bits per heavy atom. The van der Waals surface area contributed by atoms with Gasteiger partial charge in [-0.25, -0.2) is 4.79 Å². The highest BCUT2D eigenvalue weighted by atomic mass is 79.9. The zero-order valence-electron chi connectivity index (χ0n) is 7.66. The lowest BCUT2D eigenvalue weighted by atomic mass is 10.0. The van der Waals surface area contributed by atoms with Crippen molar-refractivity contribution in [2.75, 3.05) is 0 Å². The highest BCUT2D eigenvalue weighted by Crippen LogP contribution is 2.26. The number of halogens is 1. The number of rotatable bonds is 1. The third-order valence-corrected chi connectivity index (χ3v) is 2.76. The van der Waals surface area contributed by atoms with E-state index in [1.165, 1.54) is 0 Å². The Morgan fingerprint density at radius 2 is 2.00 bits per heavy atom. The molecule has 1 N–H and O–H groups in total. The topological polar surface area (TPSA) is 38.3 Å². The van der Waals surface area contributed by atoms with E-state index < -0.39 is 0 Å². The Bertz CT molecular complexity index is 350. The number of benzene rings is 1. The van der Waals surface area contributed by atoms with Crippen molar-refractivity contribution in [1.29, 1.82) is 0 Å². The molecule has 0 bridgehead atoms. The van der Waals surface area contributed by atoms with Crippen LogP contribution in [-0.2, 0) is 4.74 Å². The van der Waals surface area contributed by atoms with Crippen molar-refractivity contribution < 1.29 is 9.53 Å². The summed E-state index contributed by atoms with van der Waals surface area (Å²) in [4.78, 5) is 11.0. The van der Waals surface area contributed by atoms with Crippen LogP contribution in [-0.4, -0.2) is 12.1 Å². The molecule has 1 aliphatic rings. The van der Waals surface area contributed by atoms with Gasteiger partial charge in [0, 0.05) is 4.47 Å². The van der Waals surface area contributed by atoms with Gasteiger partial charge in [0.05, 0.1) is 6.04 Å². The van der Waals surface area contributed by atoms with E-state index in [1.807, 2.05) is 31.2 Å². The Labute approximate surface area is 90.6 Å². The van der Waals surface area contributed by atoms with Crippen molar-refractivity contribution in [2.45, 2.75) is 19.1 Å². The molecule has 0 spiro atoms. The minimum Gasteiger partial charge on any atom is -0.439 e. The Hall–Kier alpha value is -1.03. The van der Waals surface area contributed by atoms with Gasteiger partial charge in [0.2, 0.25) is 0 Å². The second kappa shape index (κ2) is 3.61. The molecule has 2 rings (SSSR count). The summed E-state index contributed by atoms with van der Waals surface area (Å²) < 4.78 is 6.15. The van der Waals surface area contributed by atoms with E-state index in [2.05, 4.69) is 21.2 Å². The summed E-state index contributed by atoms with van der Waals surface area (Å²) in [7, 11) is 0. The smallest absolute Gasteiger partial charge is 0.408 e. The highest BCUT2D eigenvalue weighted by Gasteiger charge is 2.31. The molecule has 74 valence electrons. The molecule has 3 nitrogen and oxygen atoms in total. The maximum absolute atomic E-state index is 11.0. The molecule has 0 aliphatic carbocycles. The molecule has 1 aliphatic heterocycles. The van der Waals surface area contributed by atoms with Crippen LogP contribution in [0.1, 0.15) is 18.6 Å². The van der Waals surface area contributed by atoms with E-state index in [0.29, 0.717) is 0 Å². The number of cyclic esters (lactones) is 1. The molecule has 1 aromatic rings. The fourth-order valence-corrected chi connectivity index (χ4v) is 1.79. The standard InChI is InChI=1S/C10H10BrNO2/c1-6-9(14-10(13)12-6)7-2-4-8(11)5-3-7/h2-6,9H,1H3,(H,12,13)/t6-,9-/m1/s1. The minimum atomic E-state index is -0.342. The van der Waals surface area contributed by atoms with Gasteiger partial charge < -0.3 is 10.1 Å². The van der Waals surface area contributed by atoms with Crippen LogP contribution >= 0.6 is 15.9 Å². The van der Waals surface area contributed by atoms with E-state index in [-0.39, 0.29) is 18.2 Å². The summed E-state index contributed by atoms with van der Waals surface area (Å²) in [6.45, 7) is 1.93. The number of alkyl carbamates (subject to hydrolysis) is 1. The lowest BCUT2D eigenvalue weighted by Gasteiger charge is -2.12. The normalized spacial score (nSPS) is 25.7. The summed E-state index contributed by atoms with van der Waals surface area (Å²) >= 11 is 3.36. The molecule has 14 heavy (non-hydrogen) atoms. The van der Waals surface area contributed by atoms with Crippen molar-refractivity contribution in [3.8, 4) is 0 Å². The quantitative estimate of drug-likeness (QED) is 0.838. The first-order valence-corrected chi connectivity index (χ1v) is 5.19. The SMILES string of the molecule is C[C@H]1NC(=O)O[C@H]1c1ccc(Br)cc1. The number of hydrogen-bond donors (Lipinski definition) is 1. The van der Waals surface area contributed by atoms with Gasteiger partial charge in [0.15, 0.2) is 0 Å². The van der Waals surface area contributed by atoms with Crippen molar-refractivity contribution in [3.63, 3.8) is 0 Å². The van der Waals surface area contributed by atoms with Gasteiger partial charge in [-0.3, -0.25) is 0 Å². The zero-order valence-corrected chi connectivity index (χ0v) is 9.24. The number of nitrogens with one attached hydrogen (secondary N) is 1.